The van der Waals surface area contributed by atoms with Crippen LogP contribution in [0.1, 0.15) is 23.4 Å². The number of aromatic nitrogens is 2. The van der Waals surface area contributed by atoms with E-state index in [9.17, 15) is 8.42 Å². The fourth-order valence-electron chi connectivity index (χ4n) is 1.46. The van der Waals surface area contributed by atoms with Crippen molar-refractivity contribution >= 4 is 33.0 Å². The first kappa shape index (κ1) is 10.1. The predicted octanol–water partition coefficient (Wildman–Crippen LogP) is 1.77. The molecule has 7 heteroatoms. The van der Waals surface area contributed by atoms with Crippen LogP contribution in [0.5, 0.6) is 0 Å². The number of halogens is 2. The van der Waals surface area contributed by atoms with Crippen LogP contribution in [0, 0.1) is 0 Å². The monoisotopic (exact) mass is 252 g/mol. The molecule has 0 saturated heterocycles. The van der Waals surface area contributed by atoms with Crippen LogP contribution >= 0.6 is 23.2 Å². The lowest BCUT2D eigenvalue weighted by atomic mass is 10.2. The number of hydrogen-bond acceptors (Lipinski definition) is 4. The molecular formula is C7H6Cl2N2O2S. The molecule has 1 atom stereocenters. The summed E-state index contributed by atoms with van der Waals surface area (Å²) in [4.78, 5) is 7.57. The summed E-state index contributed by atoms with van der Waals surface area (Å²) in [7, 11) is -3.17. The Kier molecular flexibility index (Phi) is 2.21. The van der Waals surface area contributed by atoms with Gasteiger partial charge in [0.15, 0.2) is 9.84 Å². The van der Waals surface area contributed by atoms with Gasteiger partial charge in [0, 0.05) is 5.56 Å². The SMILES string of the molecule is CC1c2c(Cl)nc(Cl)nc2CS1(=O)=O. The van der Waals surface area contributed by atoms with Crippen molar-refractivity contribution in [3.05, 3.63) is 21.7 Å². The molecular weight excluding hydrogens is 247 g/mol. The van der Waals surface area contributed by atoms with Crippen molar-refractivity contribution < 1.29 is 8.42 Å². The van der Waals surface area contributed by atoms with Crippen molar-refractivity contribution in [1.82, 2.24) is 9.97 Å². The van der Waals surface area contributed by atoms with E-state index in [2.05, 4.69) is 9.97 Å². The molecule has 1 aromatic heterocycles. The Balaban J connectivity index is 2.71. The average molecular weight is 253 g/mol. The van der Waals surface area contributed by atoms with Crippen LogP contribution in [-0.4, -0.2) is 18.4 Å². The van der Waals surface area contributed by atoms with E-state index < -0.39 is 15.1 Å². The molecule has 0 bridgehead atoms. The van der Waals surface area contributed by atoms with Crippen molar-refractivity contribution in [3.8, 4) is 0 Å². The minimum absolute atomic E-state index is 0.0157. The fourth-order valence-corrected chi connectivity index (χ4v) is 3.57. The average Bonchev–Trinajstić information content (AvgIpc) is 2.21. The molecule has 0 amide bonds. The Morgan fingerprint density at radius 2 is 2.00 bits per heavy atom. The van der Waals surface area contributed by atoms with E-state index in [1.54, 1.807) is 6.92 Å². The predicted molar refractivity (Wildman–Crippen MR) is 53.1 cm³/mol. The summed E-state index contributed by atoms with van der Waals surface area (Å²) < 4.78 is 23.0. The molecule has 1 aliphatic heterocycles. The molecule has 2 heterocycles. The smallest absolute Gasteiger partial charge is 0.224 e. The van der Waals surface area contributed by atoms with Gasteiger partial charge >= 0.3 is 0 Å². The largest absolute Gasteiger partial charge is 0.228 e. The quantitative estimate of drug-likeness (QED) is 0.522. The van der Waals surface area contributed by atoms with Gasteiger partial charge in [-0.3, -0.25) is 0 Å². The van der Waals surface area contributed by atoms with Gasteiger partial charge in [-0.25, -0.2) is 18.4 Å². The second kappa shape index (κ2) is 3.05. The summed E-state index contributed by atoms with van der Waals surface area (Å²) in [5.41, 5.74) is 0.901. The molecule has 1 unspecified atom stereocenters. The molecule has 1 aliphatic rings. The van der Waals surface area contributed by atoms with Crippen molar-refractivity contribution in [1.29, 1.82) is 0 Å². The van der Waals surface area contributed by atoms with Crippen LogP contribution in [0.3, 0.4) is 0 Å². The van der Waals surface area contributed by atoms with Gasteiger partial charge < -0.3 is 0 Å². The van der Waals surface area contributed by atoms with Crippen LogP contribution in [-0.2, 0) is 15.6 Å². The lowest BCUT2D eigenvalue weighted by molar-refractivity contribution is 0.590. The van der Waals surface area contributed by atoms with Gasteiger partial charge in [-0.1, -0.05) is 11.6 Å². The topological polar surface area (TPSA) is 59.9 Å². The maximum absolute atomic E-state index is 11.5. The molecule has 0 aliphatic carbocycles. The third-order valence-electron chi connectivity index (χ3n) is 2.23. The Hall–Kier alpha value is -0.390. The molecule has 0 N–H and O–H groups in total. The third-order valence-corrected chi connectivity index (χ3v) is 4.68. The normalized spacial score (nSPS) is 23.5. The molecule has 0 spiro atoms. The molecule has 0 aromatic carbocycles. The van der Waals surface area contributed by atoms with Crippen LogP contribution in [0.15, 0.2) is 0 Å². The molecule has 76 valence electrons. The first-order valence-corrected chi connectivity index (χ1v) is 6.32. The summed E-state index contributed by atoms with van der Waals surface area (Å²) in [6.07, 6.45) is 0. The summed E-state index contributed by atoms with van der Waals surface area (Å²) in [6, 6.07) is 0. The van der Waals surface area contributed by atoms with Crippen LogP contribution in [0.25, 0.3) is 0 Å². The second-order valence-corrected chi connectivity index (χ2v) is 6.11. The zero-order valence-corrected chi connectivity index (χ0v) is 9.49. The lowest BCUT2D eigenvalue weighted by Crippen LogP contribution is -2.02. The first-order chi connectivity index (χ1) is 6.42. The van der Waals surface area contributed by atoms with Gasteiger partial charge in [0.25, 0.3) is 0 Å². The molecule has 0 fully saturated rings. The number of sulfone groups is 1. The van der Waals surface area contributed by atoms with Gasteiger partial charge in [-0.2, -0.15) is 0 Å². The third kappa shape index (κ3) is 1.39. The van der Waals surface area contributed by atoms with E-state index >= 15 is 0 Å². The second-order valence-electron chi connectivity index (χ2n) is 3.09. The summed E-state index contributed by atoms with van der Waals surface area (Å²) >= 11 is 11.4. The fraction of sp³-hybridized carbons (Fsp3) is 0.429. The van der Waals surface area contributed by atoms with Crippen molar-refractivity contribution in [2.45, 2.75) is 17.9 Å². The van der Waals surface area contributed by atoms with Gasteiger partial charge in [-0.15, -0.1) is 0 Å². The van der Waals surface area contributed by atoms with Crippen LogP contribution in [0.4, 0.5) is 0 Å². The van der Waals surface area contributed by atoms with Gasteiger partial charge in [0.1, 0.15) is 5.15 Å². The highest BCUT2D eigenvalue weighted by Gasteiger charge is 2.37. The van der Waals surface area contributed by atoms with Gasteiger partial charge in [-0.05, 0) is 18.5 Å². The van der Waals surface area contributed by atoms with Gasteiger partial charge in [0.05, 0.1) is 16.7 Å². The summed E-state index contributed by atoms with van der Waals surface area (Å²) in [6.45, 7) is 1.57. The highest BCUT2D eigenvalue weighted by molar-refractivity contribution is 7.91. The molecule has 0 radical (unpaired) electrons. The zero-order chi connectivity index (χ0) is 10.5. The molecule has 1 aromatic rings. The van der Waals surface area contributed by atoms with Crippen molar-refractivity contribution in [3.63, 3.8) is 0 Å². The van der Waals surface area contributed by atoms with Crippen LogP contribution in [0.2, 0.25) is 10.4 Å². The maximum atomic E-state index is 11.5. The minimum Gasteiger partial charge on any atom is -0.228 e. The highest BCUT2D eigenvalue weighted by atomic mass is 35.5. The summed E-state index contributed by atoms with van der Waals surface area (Å²) in [5, 5.41) is -0.520. The maximum Gasteiger partial charge on any atom is 0.224 e. The Morgan fingerprint density at radius 3 is 2.64 bits per heavy atom. The molecule has 4 nitrogen and oxygen atoms in total. The molecule has 0 saturated carbocycles. The zero-order valence-electron chi connectivity index (χ0n) is 7.16. The Morgan fingerprint density at radius 1 is 1.36 bits per heavy atom. The Labute approximate surface area is 91.2 Å². The van der Waals surface area contributed by atoms with E-state index in [0.29, 0.717) is 11.3 Å². The molecule has 2 rings (SSSR count). The van der Waals surface area contributed by atoms with Crippen LogP contribution < -0.4 is 0 Å². The van der Waals surface area contributed by atoms with E-state index in [4.69, 9.17) is 23.2 Å². The molecule has 14 heavy (non-hydrogen) atoms. The standard InChI is InChI=1S/C7H6Cl2N2O2S/c1-3-5-4(2-14(3,12)13)10-7(9)11-6(5)8/h3H,2H2,1H3. The number of nitrogens with zero attached hydrogens (tertiary/aromatic N) is 2. The summed E-state index contributed by atoms with van der Waals surface area (Å²) in [5.74, 6) is -0.106. The number of rotatable bonds is 0. The number of fused-ring (bicyclic) bond motifs is 1. The van der Waals surface area contributed by atoms with E-state index in [1.165, 1.54) is 0 Å². The van der Waals surface area contributed by atoms with E-state index in [-0.39, 0.29) is 16.2 Å². The number of hydrogen-bond donors (Lipinski definition) is 0. The van der Waals surface area contributed by atoms with E-state index in [0.717, 1.165) is 0 Å². The Bertz CT molecular complexity index is 501. The first-order valence-electron chi connectivity index (χ1n) is 3.85. The highest BCUT2D eigenvalue weighted by Crippen LogP contribution is 2.38. The van der Waals surface area contributed by atoms with Gasteiger partial charge in [0.2, 0.25) is 5.28 Å². The minimum atomic E-state index is -3.17. The lowest BCUT2D eigenvalue weighted by Gasteiger charge is -2.04. The van der Waals surface area contributed by atoms with Crippen molar-refractivity contribution in [2.24, 2.45) is 0 Å². The van der Waals surface area contributed by atoms with Crippen molar-refractivity contribution in [2.75, 3.05) is 0 Å². The van der Waals surface area contributed by atoms with E-state index in [1.807, 2.05) is 0 Å².